The van der Waals surface area contributed by atoms with Gasteiger partial charge in [-0.2, -0.15) is 0 Å². The molecule has 0 aliphatic rings. The maximum atomic E-state index is 13.1. The Balaban J connectivity index is 2.28. The van der Waals surface area contributed by atoms with Crippen LogP contribution in [-0.2, 0) is 20.2 Å². The highest BCUT2D eigenvalue weighted by molar-refractivity contribution is 7.53. The van der Waals surface area contributed by atoms with E-state index in [-0.39, 0.29) is 26.0 Å². The van der Waals surface area contributed by atoms with Crippen molar-refractivity contribution < 1.29 is 27.9 Å². The summed E-state index contributed by atoms with van der Waals surface area (Å²) in [6.45, 7) is 4.08. The Morgan fingerprint density at radius 1 is 0.967 bits per heavy atom. The molecule has 0 fully saturated rings. The third kappa shape index (κ3) is 6.76. The summed E-state index contributed by atoms with van der Waals surface area (Å²) in [4.78, 5) is 14.5. The molecule has 8 nitrogen and oxygen atoms in total. The summed E-state index contributed by atoms with van der Waals surface area (Å²) in [5.41, 5.74) is 1.35. The van der Waals surface area contributed by atoms with Gasteiger partial charge in [-0.05, 0) is 43.7 Å². The molecule has 2 amide bonds. The number of nitrogens with zero attached hydrogens (tertiary/aromatic N) is 1. The van der Waals surface area contributed by atoms with E-state index in [2.05, 4.69) is 5.32 Å². The van der Waals surface area contributed by atoms with E-state index in [1.807, 2.05) is 18.2 Å². The average Bonchev–Trinajstić information content (AvgIpc) is 2.74. The van der Waals surface area contributed by atoms with Crippen LogP contribution in [0.1, 0.15) is 19.4 Å². The molecule has 0 saturated carbocycles. The van der Waals surface area contributed by atoms with Gasteiger partial charge in [0.05, 0.1) is 33.1 Å². The molecule has 9 heteroatoms. The molecule has 0 unspecified atom stereocenters. The topological polar surface area (TPSA) is 86.3 Å². The number of anilines is 1. The first-order valence-electron chi connectivity index (χ1n) is 9.64. The van der Waals surface area contributed by atoms with Crippen molar-refractivity contribution in [2.75, 3.05) is 39.0 Å². The van der Waals surface area contributed by atoms with Gasteiger partial charge in [-0.3, -0.25) is 4.57 Å². The van der Waals surface area contributed by atoms with Gasteiger partial charge in [0.2, 0.25) is 0 Å². The Morgan fingerprint density at radius 2 is 1.60 bits per heavy atom. The van der Waals surface area contributed by atoms with E-state index in [4.69, 9.17) is 18.5 Å². The molecule has 0 aliphatic carbocycles. The number of carbonyl (C=O) groups is 1. The molecule has 0 radical (unpaired) electrons. The van der Waals surface area contributed by atoms with E-state index < -0.39 is 13.6 Å². The van der Waals surface area contributed by atoms with E-state index in [1.165, 1.54) is 12.0 Å². The van der Waals surface area contributed by atoms with E-state index in [9.17, 15) is 9.36 Å². The number of hydrogen-bond donors (Lipinski definition) is 1. The molecular formula is C21H29N2O6P. The molecule has 2 aromatic carbocycles. The molecule has 0 atom stereocenters. The second kappa shape index (κ2) is 11.6. The van der Waals surface area contributed by atoms with Gasteiger partial charge in [-0.25, -0.2) is 4.79 Å². The van der Waals surface area contributed by atoms with Gasteiger partial charge >= 0.3 is 13.6 Å². The standard InChI is InChI=1S/C21H29N2O6P/c1-5-28-30(25,29-6-2)16-23(15-17-11-13-18(26-3)14-12-17)21(24)22-19-9-7-8-10-20(19)27-4/h7-14H,5-6,15-16H2,1-4H3,(H,22,24). The predicted molar refractivity (Wildman–Crippen MR) is 116 cm³/mol. The summed E-state index contributed by atoms with van der Waals surface area (Å²) in [6, 6.07) is 13.9. The van der Waals surface area contributed by atoms with Gasteiger partial charge in [0.1, 0.15) is 17.8 Å². The zero-order chi connectivity index (χ0) is 22.0. The van der Waals surface area contributed by atoms with Crippen molar-refractivity contribution >= 4 is 19.3 Å². The van der Waals surface area contributed by atoms with Crippen LogP contribution in [0.3, 0.4) is 0 Å². The van der Waals surface area contributed by atoms with Crippen LogP contribution in [-0.4, -0.2) is 44.7 Å². The highest BCUT2D eigenvalue weighted by atomic mass is 31.2. The van der Waals surface area contributed by atoms with Crippen molar-refractivity contribution in [1.29, 1.82) is 0 Å². The van der Waals surface area contributed by atoms with Crippen molar-refractivity contribution in [2.24, 2.45) is 0 Å². The van der Waals surface area contributed by atoms with Crippen LogP contribution in [0.2, 0.25) is 0 Å². The number of para-hydroxylation sites is 2. The van der Waals surface area contributed by atoms with Gasteiger partial charge in [0.25, 0.3) is 0 Å². The van der Waals surface area contributed by atoms with Crippen LogP contribution in [0.4, 0.5) is 10.5 Å². The van der Waals surface area contributed by atoms with Crippen molar-refractivity contribution in [2.45, 2.75) is 20.4 Å². The van der Waals surface area contributed by atoms with E-state index in [1.54, 1.807) is 51.3 Å². The lowest BCUT2D eigenvalue weighted by atomic mass is 10.2. The van der Waals surface area contributed by atoms with Crippen molar-refractivity contribution in [3.8, 4) is 11.5 Å². The third-order valence-corrected chi connectivity index (χ3v) is 6.15. The lowest BCUT2D eigenvalue weighted by Gasteiger charge is -2.27. The fourth-order valence-electron chi connectivity index (χ4n) is 2.80. The Bertz CT molecular complexity index is 849. The summed E-state index contributed by atoms with van der Waals surface area (Å²) in [5, 5.41) is 2.82. The van der Waals surface area contributed by atoms with Crippen molar-refractivity contribution in [1.82, 2.24) is 4.90 Å². The first kappa shape index (κ1) is 23.7. The molecule has 0 aromatic heterocycles. The van der Waals surface area contributed by atoms with E-state index in [0.717, 1.165) is 5.56 Å². The van der Waals surface area contributed by atoms with Gasteiger partial charge in [0, 0.05) is 6.54 Å². The SMILES string of the molecule is CCOP(=O)(CN(Cc1ccc(OC)cc1)C(=O)Nc1ccccc1OC)OCC. The Hall–Kier alpha value is -2.54. The third-order valence-electron chi connectivity index (χ3n) is 4.16. The predicted octanol–water partition coefficient (Wildman–Crippen LogP) is 4.96. The lowest BCUT2D eigenvalue weighted by molar-refractivity contribution is 0.189. The van der Waals surface area contributed by atoms with Gasteiger partial charge in [0.15, 0.2) is 0 Å². The molecule has 0 aliphatic heterocycles. The number of rotatable bonds is 11. The minimum Gasteiger partial charge on any atom is -0.497 e. The second-order valence-electron chi connectivity index (χ2n) is 6.26. The van der Waals surface area contributed by atoms with Gasteiger partial charge in [-0.1, -0.05) is 24.3 Å². The van der Waals surface area contributed by atoms with Gasteiger partial charge in [-0.15, -0.1) is 0 Å². The summed E-state index contributed by atoms with van der Waals surface area (Å²) >= 11 is 0. The van der Waals surface area contributed by atoms with Crippen molar-refractivity contribution in [3.63, 3.8) is 0 Å². The maximum absolute atomic E-state index is 13.1. The molecule has 2 aromatic rings. The monoisotopic (exact) mass is 436 g/mol. The van der Waals surface area contributed by atoms with Gasteiger partial charge < -0.3 is 28.7 Å². The molecule has 0 heterocycles. The Kier molecular flexibility index (Phi) is 9.17. The van der Waals surface area contributed by atoms with Crippen LogP contribution >= 0.6 is 7.60 Å². The number of ether oxygens (including phenoxy) is 2. The first-order chi connectivity index (χ1) is 14.4. The van der Waals surface area contributed by atoms with Crippen LogP contribution in [0.25, 0.3) is 0 Å². The molecule has 1 N–H and O–H groups in total. The van der Waals surface area contributed by atoms with Crippen LogP contribution in [0.15, 0.2) is 48.5 Å². The first-order valence-corrected chi connectivity index (χ1v) is 11.4. The minimum atomic E-state index is -3.50. The zero-order valence-corrected chi connectivity index (χ0v) is 18.7. The smallest absolute Gasteiger partial charge is 0.349 e. The molecule has 30 heavy (non-hydrogen) atoms. The van der Waals surface area contributed by atoms with Crippen molar-refractivity contribution in [3.05, 3.63) is 54.1 Å². The summed E-state index contributed by atoms with van der Waals surface area (Å²) in [6.07, 6.45) is -0.193. The van der Waals surface area contributed by atoms with Crippen LogP contribution in [0, 0.1) is 0 Å². The molecule has 0 bridgehead atoms. The largest absolute Gasteiger partial charge is 0.497 e. The fourth-order valence-corrected chi connectivity index (χ4v) is 4.47. The second-order valence-corrected chi connectivity index (χ2v) is 8.29. The summed E-state index contributed by atoms with van der Waals surface area (Å²) in [5.74, 6) is 1.23. The number of carbonyl (C=O) groups excluding carboxylic acids is 1. The lowest BCUT2D eigenvalue weighted by Crippen LogP contribution is -2.36. The average molecular weight is 436 g/mol. The highest BCUT2D eigenvalue weighted by Crippen LogP contribution is 2.48. The molecule has 2 rings (SSSR count). The molecule has 164 valence electrons. The van der Waals surface area contributed by atoms with Crippen LogP contribution in [0.5, 0.6) is 11.5 Å². The Labute approximate surface area is 177 Å². The number of amides is 2. The minimum absolute atomic E-state index is 0.193. The van der Waals surface area contributed by atoms with Crippen LogP contribution < -0.4 is 14.8 Å². The summed E-state index contributed by atoms with van der Waals surface area (Å²) in [7, 11) is -0.384. The maximum Gasteiger partial charge on any atom is 0.349 e. The number of methoxy groups -OCH3 is 2. The van der Waals surface area contributed by atoms with E-state index in [0.29, 0.717) is 17.2 Å². The van der Waals surface area contributed by atoms with E-state index >= 15 is 0 Å². The molecular weight excluding hydrogens is 407 g/mol. The molecule has 0 saturated heterocycles. The molecule has 0 spiro atoms. The number of urea groups is 1. The fraction of sp³-hybridized carbons (Fsp3) is 0.381. The quantitative estimate of drug-likeness (QED) is 0.501. The normalized spacial score (nSPS) is 11.1. The number of nitrogens with one attached hydrogen (secondary N) is 1. The zero-order valence-electron chi connectivity index (χ0n) is 17.8. The summed E-state index contributed by atoms with van der Waals surface area (Å²) < 4.78 is 34.3. The highest BCUT2D eigenvalue weighted by Gasteiger charge is 2.30. The Morgan fingerprint density at radius 3 is 2.17 bits per heavy atom. The number of benzene rings is 2. The number of hydrogen-bond acceptors (Lipinski definition) is 6.